The molecule has 2 aliphatic rings. The van der Waals surface area contributed by atoms with Crippen LogP contribution in [0.4, 0.5) is 0 Å². The number of hydrogen-bond donors (Lipinski definition) is 2. The minimum atomic E-state index is 0. The van der Waals surface area contributed by atoms with Crippen molar-refractivity contribution in [2.24, 2.45) is 0 Å². The van der Waals surface area contributed by atoms with Crippen LogP contribution in [0.2, 0.25) is 0 Å². The number of hydrogen-bond acceptors (Lipinski definition) is 4. The molecule has 0 aliphatic carbocycles. The topological polar surface area (TPSA) is 53.6 Å². The number of carbonyl (C=O) groups is 1. The van der Waals surface area contributed by atoms with Gasteiger partial charge in [0, 0.05) is 45.2 Å². The van der Waals surface area contributed by atoms with E-state index in [-0.39, 0.29) is 30.7 Å². The van der Waals surface area contributed by atoms with Crippen molar-refractivity contribution in [3.63, 3.8) is 0 Å². The highest BCUT2D eigenvalue weighted by molar-refractivity contribution is 5.85. The third-order valence-electron chi connectivity index (χ3n) is 5.37. The lowest BCUT2D eigenvalue weighted by molar-refractivity contribution is -0.121. The highest BCUT2D eigenvalue weighted by atomic mass is 35.5. The lowest BCUT2D eigenvalue weighted by Crippen LogP contribution is -2.37. The number of nitrogens with zero attached hydrogens (tertiary/aromatic N) is 1. The molecule has 0 saturated carbocycles. The van der Waals surface area contributed by atoms with Gasteiger partial charge in [0.1, 0.15) is 0 Å². The quantitative estimate of drug-likeness (QED) is 0.589. The minimum Gasteiger partial charge on any atom is -0.378 e. The average Bonchev–Trinajstić information content (AvgIpc) is 3.16. The van der Waals surface area contributed by atoms with Gasteiger partial charge in [0.05, 0.1) is 6.10 Å². The first kappa shape index (κ1) is 25.2. The lowest BCUT2D eigenvalue weighted by Gasteiger charge is -2.32. The van der Waals surface area contributed by atoms with Gasteiger partial charge in [0.25, 0.3) is 0 Å². The summed E-state index contributed by atoms with van der Waals surface area (Å²) in [5, 5.41) is 6.38. The number of likely N-dealkylation sites (tertiary alicyclic amines) is 1. The molecule has 160 valence electrons. The molecular formula is C21H35Cl2N3O2. The molecule has 7 heteroatoms. The van der Waals surface area contributed by atoms with Crippen molar-refractivity contribution in [2.75, 3.05) is 32.8 Å². The Morgan fingerprint density at radius 1 is 1.14 bits per heavy atom. The van der Waals surface area contributed by atoms with Crippen LogP contribution in [-0.2, 0) is 16.1 Å². The zero-order valence-corrected chi connectivity index (χ0v) is 18.2. The molecule has 0 spiro atoms. The van der Waals surface area contributed by atoms with Gasteiger partial charge >= 0.3 is 0 Å². The number of rotatable bonds is 9. The van der Waals surface area contributed by atoms with Gasteiger partial charge in [0.2, 0.25) is 5.91 Å². The SMILES string of the molecule is Cl.Cl.O=C(CC1CCCN1)NCCCOC1CCN(Cc2ccccc2)CC1. The summed E-state index contributed by atoms with van der Waals surface area (Å²) in [6.07, 6.45) is 6.41. The molecule has 2 aliphatic heterocycles. The molecule has 1 aromatic carbocycles. The Kier molecular flexibility index (Phi) is 12.8. The monoisotopic (exact) mass is 431 g/mol. The van der Waals surface area contributed by atoms with E-state index in [1.165, 1.54) is 12.0 Å². The number of piperidine rings is 1. The Labute approximate surface area is 181 Å². The first-order chi connectivity index (χ1) is 12.8. The van der Waals surface area contributed by atoms with E-state index in [1.54, 1.807) is 0 Å². The van der Waals surface area contributed by atoms with Gasteiger partial charge in [0.15, 0.2) is 0 Å². The second-order valence-electron chi connectivity index (χ2n) is 7.53. The molecular weight excluding hydrogens is 397 g/mol. The Balaban J connectivity index is 0.00000196. The first-order valence-corrected chi connectivity index (χ1v) is 10.2. The number of ether oxygens (including phenoxy) is 1. The molecule has 2 heterocycles. The van der Waals surface area contributed by atoms with Gasteiger partial charge in [-0.3, -0.25) is 9.69 Å². The summed E-state index contributed by atoms with van der Waals surface area (Å²) in [7, 11) is 0. The van der Waals surface area contributed by atoms with Crippen molar-refractivity contribution >= 4 is 30.7 Å². The van der Waals surface area contributed by atoms with E-state index in [1.807, 2.05) is 0 Å². The van der Waals surface area contributed by atoms with Gasteiger partial charge in [-0.25, -0.2) is 0 Å². The number of benzene rings is 1. The van der Waals surface area contributed by atoms with Crippen molar-refractivity contribution in [3.8, 4) is 0 Å². The predicted molar refractivity (Wildman–Crippen MR) is 118 cm³/mol. The predicted octanol–water partition coefficient (Wildman–Crippen LogP) is 3.16. The van der Waals surface area contributed by atoms with Crippen LogP contribution in [-0.4, -0.2) is 55.7 Å². The molecule has 2 saturated heterocycles. The number of amides is 1. The summed E-state index contributed by atoms with van der Waals surface area (Å²) >= 11 is 0. The van der Waals surface area contributed by atoms with Crippen LogP contribution in [0.15, 0.2) is 30.3 Å². The second-order valence-corrected chi connectivity index (χ2v) is 7.53. The number of halogens is 2. The van der Waals surface area contributed by atoms with Gasteiger partial charge in [-0.2, -0.15) is 0 Å². The molecule has 0 radical (unpaired) electrons. The minimum absolute atomic E-state index is 0. The molecule has 1 aromatic rings. The van der Waals surface area contributed by atoms with Crippen LogP contribution in [0, 0.1) is 0 Å². The van der Waals surface area contributed by atoms with Crippen molar-refractivity contribution in [2.45, 2.75) is 57.2 Å². The number of carbonyl (C=O) groups excluding carboxylic acids is 1. The third kappa shape index (κ3) is 9.10. The fourth-order valence-electron chi connectivity index (χ4n) is 3.85. The highest BCUT2D eigenvalue weighted by Crippen LogP contribution is 2.16. The van der Waals surface area contributed by atoms with Crippen LogP contribution in [0.25, 0.3) is 0 Å². The van der Waals surface area contributed by atoms with Crippen LogP contribution >= 0.6 is 24.8 Å². The van der Waals surface area contributed by atoms with Gasteiger partial charge in [-0.05, 0) is 44.2 Å². The molecule has 2 fully saturated rings. The summed E-state index contributed by atoms with van der Waals surface area (Å²) in [5.74, 6) is 0.165. The molecule has 2 N–H and O–H groups in total. The summed E-state index contributed by atoms with van der Waals surface area (Å²) in [6, 6.07) is 11.0. The number of nitrogens with one attached hydrogen (secondary N) is 2. The van der Waals surface area contributed by atoms with Gasteiger partial charge in [-0.15, -0.1) is 24.8 Å². The highest BCUT2D eigenvalue weighted by Gasteiger charge is 2.20. The summed E-state index contributed by atoms with van der Waals surface area (Å²) in [5.41, 5.74) is 1.38. The van der Waals surface area contributed by atoms with Crippen LogP contribution in [0.1, 0.15) is 44.1 Å². The third-order valence-corrected chi connectivity index (χ3v) is 5.37. The smallest absolute Gasteiger partial charge is 0.221 e. The van der Waals surface area contributed by atoms with Crippen molar-refractivity contribution in [1.29, 1.82) is 0 Å². The van der Waals surface area contributed by atoms with Crippen LogP contribution in [0.3, 0.4) is 0 Å². The Morgan fingerprint density at radius 2 is 1.89 bits per heavy atom. The lowest BCUT2D eigenvalue weighted by atomic mass is 10.1. The van der Waals surface area contributed by atoms with E-state index < -0.39 is 0 Å². The van der Waals surface area contributed by atoms with E-state index in [9.17, 15) is 4.79 Å². The zero-order valence-electron chi connectivity index (χ0n) is 16.6. The fraction of sp³-hybridized carbons (Fsp3) is 0.667. The van der Waals surface area contributed by atoms with Crippen molar-refractivity contribution in [3.05, 3.63) is 35.9 Å². The maximum absolute atomic E-state index is 11.9. The van der Waals surface area contributed by atoms with E-state index in [2.05, 4.69) is 45.9 Å². The maximum atomic E-state index is 11.9. The zero-order chi connectivity index (χ0) is 18.0. The maximum Gasteiger partial charge on any atom is 0.221 e. The molecule has 0 aromatic heterocycles. The Bertz CT molecular complexity index is 534. The van der Waals surface area contributed by atoms with Gasteiger partial charge in [-0.1, -0.05) is 30.3 Å². The first-order valence-electron chi connectivity index (χ1n) is 10.2. The fourth-order valence-corrected chi connectivity index (χ4v) is 3.85. The van der Waals surface area contributed by atoms with E-state index >= 15 is 0 Å². The van der Waals surface area contributed by atoms with E-state index in [0.717, 1.165) is 65.0 Å². The molecule has 1 amide bonds. The normalized spacial score (nSPS) is 20.2. The van der Waals surface area contributed by atoms with Crippen LogP contribution in [0.5, 0.6) is 0 Å². The molecule has 28 heavy (non-hydrogen) atoms. The van der Waals surface area contributed by atoms with E-state index in [0.29, 0.717) is 18.6 Å². The molecule has 5 nitrogen and oxygen atoms in total. The Hall–Kier alpha value is -0.850. The largest absolute Gasteiger partial charge is 0.378 e. The standard InChI is InChI=1S/C21H33N3O2.2ClH/c25-21(16-19-8-4-11-22-19)23-12-5-15-26-20-9-13-24(14-10-20)17-18-6-2-1-3-7-18;;/h1-3,6-7,19-20,22H,4-5,8-17H2,(H,23,25);2*1H. The van der Waals surface area contributed by atoms with Gasteiger partial charge < -0.3 is 15.4 Å². The Morgan fingerprint density at radius 3 is 2.57 bits per heavy atom. The molecule has 1 unspecified atom stereocenters. The summed E-state index contributed by atoms with van der Waals surface area (Å²) < 4.78 is 6.01. The average molecular weight is 432 g/mol. The molecule has 3 rings (SSSR count). The molecule has 1 atom stereocenters. The molecule has 0 bridgehead atoms. The second kappa shape index (κ2) is 14.2. The van der Waals surface area contributed by atoms with Crippen molar-refractivity contribution < 1.29 is 9.53 Å². The summed E-state index contributed by atoms with van der Waals surface area (Å²) in [4.78, 5) is 14.4. The van der Waals surface area contributed by atoms with E-state index in [4.69, 9.17) is 4.74 Å². The van der Waals surface area contributed by atoms with Crippen LogP contribution < -0.4 is 10.6 Å². The summed E-state index contributed by atoms with van der Waals surface area (Å²) in [6.45, 7) is 5.75. The van der Waals surface area contributed by atoms with Crippen molar-refractivity contribution in [1.82, 2.24) is 15.5 Å².